The predicted molar refractivity (Wildman–Crippen MR) is 73.0 cm³/mol. The molecule has 1 aromatic carbocycles. The number of aromatic nitrogens is 1. The van der Waals surface area contributed by atoms with Gasteiger partial charge >= 0.3 is 0 Å². The minimum atomic E-state index is 1.05. The highest BCUT2D eigenvalue weighted by Gasteiger charge is 2.09. The molecule has 1 saturated heterocycles. The Hall–Kier alpha value is -1.54. The third kappa shape index (κ3) is 2.01. The molecule has 1 aliphatic heterocycles. The summed E-state index contributed by atoms with van der Waals surface area (Å²) >= 11 is 0. The Morgan fingerprint density at radius 1 is 1.24 bits per heavy atom. The van der Waals surface area contributed by atoms with Gasteiger partial charge in [0.1, 0.15) is 0 Å². The van der Waals surface area contributed by atoms with Crippen LogP contribution in [0.2, 0.25) is 0 Å². The second-order valence-electron chi connectivity index (χ2n) is 4.79. The van der Waals surface area contributed by atoms with Crippen LogP contribution in [0, 0.1) is 0 Å². The number of piperidine rings is 1. The Labute approximate surface area is 102 Å². The van der Waals surface area contributed by atoms with Crippen molar-refractivity contribution in [2.24, 2.45) is 0 Å². The van der Waals surface area contributed by atoms with Gasteiger partial charge in [-0.25, -0.2) is 0 Å². The van der Waals surface area contributed by atoms with Crippen molar-refractivity contribution < 1.29 is 0 Å². The molecule has 2 aromatic rings. The number of fused-ring (bicyclic) bond motifs is 1. The van der Waals surface area contributed by atoms with Gasteiger partial charge in [0.05, 0.1) is 0 Å². The second-order valence-corrected chi connectivity index (χ2v) is 4.79. The summed E-state index contributed by atoms with van der Waals surface area (Å²) in [5.41, 5.74) is 5.58. The number of benzene rings is 1. The van der Waals surface area contributed by atoms with E-state index in [1.807, 2.05) is 6.20 Å². The first kappa shape index (κ1) is 10.6. The number of H-pyrrole nitrogens is 1. The maximum absolute atomic E-state index is 3.45. The van der Waals surface area contributed by atoms with Gasteiger partial charge in [-0.2, -0.15) is 0 Å². The molecule has 0 spiro atoms. The van der Waals surface area contributed by atoms with Gasteiger partial charge in [0.2, 0.25) is 0 Å². The molecule has 2 N–H and O–H groups in total. The smallest absolute Gasteiger partial charge is 0.0454 e. The van der Waals surface area contributed by atoms with Gasteiger partial charge in [0.25, 0.3) is 0 Å². The number of hydrogen-bond acceptors (Lipinski definition) is 1. The van der Waals surface area contributed by atoms with E-state index in [4.69, 9.17) is 0 Å². The van der Waals surface area contributed by atoms with Crippen LogP contribution in [0.1, 0.15) is 25.3 Å². The van der Waals surface area contributed by atoms with Gasteiger partial charge in [-0.15, -0.1) is 0 Å². The van der Waals surface area contributed by atoms with Crippen LogP contribution in [0.25, 0.3) is 16.5 Å². The van der Waals surface area contributed by atoms with Crippen LogP contribution in [0.3, 0.4) is 0 Å². The summed E-state index contributed by atoms with van der Waals surface area (Å²) in [6.07, 6.45) is 4.50. The highest BCUT2D eigenvalue weighted by Crippen LogP contribution is 2.25. The fraction of sp³-hybridized carbons (Fsp3) is 0.333. The molecule has 3 rings (SSSR count). The maximum Gasteiger partial charge on any atom is 0.0454 e. The molecule has 17 heavy (non-hydrogen) atoms. The number of hydrogen-bond donors (Lipinski definition) is 2. The number of allylic oxidation sites excluding steroid dienone is 1. The quantitative estimate of drug-likeness (QED) is 0.767. The molecule has 0 bridgehead atoms. The van der Waals surface area contributed by atoms with Crippen molar-refractivity contribution in [1.82, 2.24) is 10.3 Å². The number of rotatable bonds is 1. The zero-order valence-corrected chi connectivity index (χ0v) is 10.2. The van der Waals surface area contributed by atoms with Gasteiger partial charge in [0, 0.05) is 18.3 Å². The van der Waals surface area contributed by atoms with Crippen molar-refractivity contribution in [3.63, 3.8) is 0 Å². The van der Waals surface area contributed by atoms with Crippen molar-refractivity contribution in [1.29, 1.82) is 0 Å². The Kier molecular flexibility index (Phi) is 2.73. The Morgan fingerprint density at radius 3 is 3.00 bits per heavy atom. The molecule has 1 fully saturated rings. The third-order valence-corrected chi connectivity index (χ3v) is 3.69. The highest BCUT2D eigenvalue weighted by molar-refractivity contribution is 5.84. The first-order valence-corrected chi connectivity index (χ1v) is 6.31. The lowest BCUT2D eigenvalue weighted by atomic mass is 9.95. The van der Waals surface area contributed by atoms with Crippen molar-refractivity contribution in [2.45, 2.75) is 19.8 Å². The minimum absolute atomic E-state index is 1.05. The molecule has 0 amide bonds. The van der Waals surface area contributed by atoms with Crippen LogP contribution in [0.15, 0.2) is 36.0 Å². The Bertz CT molecular complexity index is 555. The number of nitrogens with one attached hydrogen (secondary N) is 2. The van der Waals surface area contributed by atoms with E-state index < -0.39 is 0 Å². The normalized spacial score (nSPS) is 19.6. The van der Waals surface area contributed by atoms with E-state index in [-0.39, 0.29) is 0 Å². The second kappa shape index (κ2) is 4.38. The van der Waals surface area contributed by atoms with Gasteiger partial charge < -0.3 is 10.3 Å². The lowest BCUT2D eigenvalue weighted by Crippen LogP contribution is -2.24. The van der Waals surface area contributed by atoms with E-state index >= 15 is 0 Å². The van der Waals surface area contributed by atoms with E-state index in [9.17, 15) is 0 Å². The Balaban J connectivity index is 2.01. The van der Waals surface area contributed by atoms with Gasteiger partial charge in [-0.1, -0.05) is 11.6 Å². The fourth-order valence-corrected chi connectivity index (χ4v) is 2.57. The van der Waals surface area contributed by atoms with Crippen LogP contribution >= 0.6 is 0 Å². The molecule has 2 nitrogen and oxygen atoms in total. The summed E-state index contributed by atoms with van der Waals surface area (Å²) in [7, 11) is 0. The molecule has 2 heterocycles. The molecule has 0 radical (unpaired) electrons. The van der Waals surface area contributed by atoms with Crippen molar-refractivity contribution in [2.75, 3.05) is 13.1 Å². The molecule has 0 atom stereocenters. The summed E-state index contributed by atoms with van der Waals surface area (Å²) < 4.78 is 0. The molecule has 0 unspecified atom stereocenters. The summed E-state index contributed by atoms with van der Waals surface area (Å²) in [5.74, 6) is 0. The summed E-state index contributed by atoms with van der Waals surface area (Å²) in [4.78, 5) is 3.24. The van der Waals surface area contributed by atoms with E-state index in [0.29, 0.717) is 0 Å². The van der Waals surface area contributed by atoms with Crippen molar-refractivity contribution >= 4 is 16.5 Å². The molecule has 88 valence electrons. The average Bonchev–Trinajstić information content (AvgIpc) is 2.86. The lowest BCUT2D eigenvalue weighted by molar-refractivity contribution is 0.611. The van der Waals surface area contributed by atoms with E-state index in [0.717, 1.165) is 13.1 Å². The first-order valence-electron chi connectivity index (χ1n) is 6.31. The van der Waals surface area contributed by atoms with Gasteiger partial charge in [-0.3, -0.25) is 0 Å². The summed E-state index contributed by atoms with van der Waals surface area (Å²) in [5, 5.41) is 4.75. The van der Waals surface area contributed by atoms with E-state index in [1.165, 1.54) is 34.9 Å². The first-order chi connectivity index (χ1) is 8.34. The van der Waals surface area contributed by atoms with Crippen LogP contribution in [-0.4, -0.2) is 18.1 Å². The highest BCUT2D eigenvalue weighted by atomic mass is 14.9. The summed E-state index contributed by atoms with van der Waals surface area (Å²) in [6.45, 7) is 4.46. The topological polar surface area (TPSA) is 27.8 Å². The largest absolute Gasteiger partial charge is 0.361 e. The van der Waals surface area contributed by atoms with Crippen LogP contribution < -0.4 is 5.32 Å². The minimum Gasteiger partial charge on any atom is -0.361 e. The Morgan fingerprint density at radius 2 is 2.18 bits per heavy atom. The molecule has 1 aliphatic rings. The van der Waals surface area contributed by atoms with Crippen LogP contribution in [-0.2, 0) is 0 Å². The zero-order chi connectivity index (χ0) is 11.7. The predicted octanol–water partition coefficient (Wildman–Crippen LogP) is 3.32. The van der Waals surface area contributed by atoms with Crippen molar-refractivity contribution in [3.05, 3.63) is 41.6 Å². The standard InChI is InChI=1S/C15H18N2/c1-11(14-3-2-7-16-10-14)12-4-5-15-13(9-12)6-8-17-15/h4-6,8-9,16-17H,2-3,7,10H2,1H3/b14-11-. The summed E-state index contributed by atoms with van der Waals surface area (Å²) in [6, 6.07) is 8.80. The van der Waals surface area contributed by atoms with Crippen LogP contribution in [0.5, 0.6) is 0 Å². The lowest BCUT2D eigenvalue weighted by Gasteiger charge is -2.18. The molecule has 0 saturated carbocycles. The SMILES string of the molecule is C/C(=C1\CCCNC1)c1ccc2[nH]ccc2c1. The zero-order valence-electron chi connectivity index (χ0n) is 10.2. The molecule has 1 aromatic heterocycles. The third-order valence-electron chi connectivity index (χ3n) is 3.69. The van der Waals surface area contributed by atoms with Gasteiger partial charge in [-0.05, 0) is 61.0 Å². The fourth-order valence-electron chi connectivity index (χ4n) is 2.57. The molecular formula is C15H18N2. The van der Waals surface area contributed by atoms with Crippen LogP contribution in [0.4, 0.5) is 0 Å². The monoisotopic (exact) mass is 226 g/mol. The van der Waals surface area contributed by atoms with E-state index in [2.05, 4.69) is 41.5 Å². The average molecular weight is 226 g/mol. The molecule has 0 aliphatic carbocycles. The van der Waals surface area contributed by atoms with E-state index in [1.54, 1.807) is 5.57 Å². The molecule has 2 heteroatoms. The maximum atomic E-state index is 3.45. The molecular weight excluding hydrogens is 208 g/mol. The van der Waals surface area contributed by atoms with Crippen molar-refractivity contribution in [3.8, 4) is 0 Å². The van der Waals surface area contributed by atoms with Gasteiger partial charge in [0.15, 0.2) is 0 Å². The number of aromatic amines is 1.